The number of carbonyl (C=O) groups is 1. The number of hydrogen-bond acceptors (Lipinski definition) is 2. The van der Waals surface area contributed by atoms with E-state index in [4.69, 9.17) is 5.11 Å². The first-order chi connectivity index (χ1) is 7.45. The van der Waals surface area contributed by atoms with Gasteiger partial charge in [-0.3, -0.25) is 4.79 Å². The molecule has 0 fully saturated rings. The summed E-state index contributed by atoms with van der Waals surface area (Å²) in [6.07, 6.45) is 2.20. The maximum absolute atomic E-state index is 11.9. The van der Waals surface area contributed by atoms with Crippen LogP contribution in [0.25, 0.3) is 0 Å². The van der Waals surface area contributed by atoms with Crippen LogP contribution in [0.4, 0.5) is 0 Å². The van der Waals surface area contributed by atoms with Crippen LogP contribution in [0.5, 0.6) is 5.75 Å². The normalized spacial score (nSPS) is 11.4. The summed E-state index contributed by atoms with van der Waals surface area (Å²) in [6.45, 7) is 6.02. The SMILES string of the molecule is CCC(C)(C)C(=O)CCc1ccc(O)cc1. The second-order valence-corrected chi connectivity index (χ2v) is 4.83. The van der Waals surface area contributed by atoms with E-state index in [1.807, 2.05) is 32.9 Å². The van der Waals surface area contributed by atoms with E-state index in [0.717, 1.165) is 18.4 Å². The van der Waals surface area contributed by atoms with Crippen molar-refractivity contribution in [2.45, 2.75) is 40.0 Å². The molecule has 1 N–H and O–H groups in total. The fourth-order valence-electron chi connectivity index (χ4n) is 1.46. The van der Waals surface area contributed by atoms with Crippen molar-refractivity contribution in [2.24, 2.45) is 5.41 Å². The number of Topliss-reactive ketones (excluding diaryl/α,β-unsaturated/α-hetero) is 1. The number of benzene rings is 1. The molecule has 0 bridgehead atoms. The van der Waals surface area contributed by atoms with E-state index in [2.05, 4.69) is 0 Å². The Labute approximate surface area is 97.3 Å². The third-order valence-corrected chi connectivity index (χ3v) is 3.22. The summed E-state index contributed by atoms with van der Waals surface area (Å²) in [6, 6.07) is 7.04. The molecule has 0 saturated heterocycles. The second-order valence-electron chi connectivity index (χ2n) is 4.83. The van der Waals surface area contributed by atoms with Crippen LogP contribution in [-0.4, -0.2) is 10.9 Å². The van der Waals surface area contributed by atoms with Crippen molar-refractivity contribution in [3.63, 3.8) is 0 Å². The van der Waals surface area contributed by atoms with Gasteiger partial charge < -0.3 is 5.11 Å². The molecule has 0 aliphatic carbocycles. The Balaban J connectivity index is 2.52. The number of carbonyl (C=O) groups excluding carboxylic acids is 1. The average molecular weight is 220 g/mol. The zero-order chi connectivity index (χ0) is 12.2. The monoisotopic (exact) mass is 220 g/mol. The lowest BCUT2D eigenvalue weighted by atomic mass is 9.83. The van der Waals surface area contributed by atoms with Gasteiger partial charge >= 0.3 is 0 Å². The van der Waals surface area contributed by atoms with Crippen LogP contribution in [0, 0.1) is 5.41 Å². The third-order valence-electron chi connectivity index (χ3n) is 3.22. The largest absolute Gasteiger partial charge is 0.508 e. The quantitative estimate of drug-likeness (QED) is 0.826. The van der Waals surface area contributed by atoms with E-state index in [1.165, 1.54) is 0 Å². The average Bonchev–Trinajstić information content (AvgIpc) is 2.28. The van der Waals surface area contributed by atoms with Gasteiger partial charge in [0, 0.05) is 11.8 Å². The maximum atomic E-state index is 11.9. The summed E-state index contributed by atoms with van der Waals surface area (Å²) >= 11 is 0. The molecule has 0 saturated carbocycles. The first-order valence-electron chi connectivity index (χ1n) is 5.77. The summed E-state index contributed by atoms with van der Waals surface area (Å²) in [5.41, 5.74) is 0.884. The lowest BCUT2D eigenvalue weighted by Gasteiger charge is -2.20. The molecule has 0 radical (unpaired) electrons. The van der Waals surface area contributed by atoms with Crippen LogP contribution < -0.4 is 0 Å². The van der Waals surface area contributed by atoms with Crippen molar-refractivity contribution in [1.29, 1.82) is 0 Å². The molecule has 16 heavy (non-hydrogen) atoms. The van der Waals surface area contributed by atoms with Crippen molar-refractivity contribution in [3.05, 3.63) is 29.8 Å². The molecule has 2 nitrogen and oxygen atoms in total. The van der Waals surface area contributed by atoms with Gasteiger partial charge in [0.05, 0.1) is 0 Å². The molecule has 0 atom stereocenters. The van der Waals surface area contributed by atoms with Crippen LogP contribution in [0.15, 0.2) is 24.3 Å². The van der Waals surface area contributed by atoms with Crippen molar-refractivity contribution in [1.82, 2.24) is 0 Å². The minimum Gasteiger partial charge on any atom is -0.508 e. The molecule has 0 spiro atoms. The van der Waals surface area contributed by atoms with Gasteiger partial charge in [0.1, 0.15) is 11.5 Å². The van der Waals surface area contributed by atoms with E-state index in [1.54, 1.807) is 12.1 Å². The molecule has 1 aromatic rings. The molecular weight excluding hydrogens is 200 g/mol. The minimum absolute atomic E-state index is 0.211. The number of phenolic OH excluding ortho intramolecular Hbond substituents is 1. The zero-order valence-electron chi connectivity index (χ0n) is 10.3. The molecule has 1 aromatic carbocycles. The first kappa shape index (κ1) is 12.8. The maximum Gasteiger partial charge on any atom is 0.138 e. The third kappa shape index (κ3) is 3.37. The van der Waals surface area contributed by atoms with Gasteiger partial charge in [0.2, 0.25) is 0 Å². The minimum atomic E-state index is -0.211. The fraction of sp³-hybridized carbons (Fsp3) is 0.500. The lowest BCUT2D eigenvalue weighted by molar-refractivity contribution is -0.127. The smallest absolute Gasteiger partial charge is 0.138 e. The zero-order valence-corrected chi connectivity index (χ0v) is 10.3. The molecule has 2 heteroatoms. The van der Waals surface area contributed by atoms with Gasteiger partial charge in [-0.2, -0.15) is 0 Å². The van der Waals surface area contributed by atoms with Gasteiger partial charge in [0.25, 0.3) is 0 Å². The van der Waals surface area contributed by atoms with Crippen LogP contribution in [0.3, 0.4) is 0 Å². The molecule has 0 heterocycles. The van der Waals surface area contributed by atoms with E-state index in [0.29, 0.717) is 12.2 Å². The number of hydrogen-bond donors (Lipinski definition) is 1. The van der Waals surface area contributed by atoms with Gasteiger partial charge in [0.15, 0.2) is 0 Å². The molecule has 0 aliphatic heterocycles. The van der Waals surface area contributed by atoms with Crippen LogP contribution in [0.1, 0.15) is 39.2 Å². The highest BCUT2D eigenvalue weighted by Gasteiger charge is 2.24. The fourth-order valence-corrected chi connectivity index (χ4v) is 1.46. The number of aromatic hydroxyl groups is 1. The Bertz CT molecular complexity index is 350. The van der Waals surface area contributed by atoms with Crippen LogP contribution >= 0.6 is 0 Å². The van der Waals surface area contributed by atoms with Crippen molar-refractivity contribution in [2.75, 3.05) is 0 Å². The molecule has 1 rings (SSSR count). The number of phenols is 1. The molecule has 0 amide bonds. The van der Waals surface area contributed by atoms with Gasteiger partial charge in [-0.25, -0.2) is 0 Å². The van der Waals surface area contributed by atoms with Gasteiger partial charge in [-0.15, -0.1) is 0 Å². The Hall–Kier alpha value is -1.31. The summed E-state index contributed by atoms with van der Waals surface area (Å²) in [7, 11) is 0. The van der Waals surface area contributed by atoms with E-state index in [9.17, 15) is 4.79 Å². The highest BCUT2D eigenvalue weighted by atomic mass is 16.3. The van der Waals surface area contributed by atoms with E-state index < -0.39 is 0 Å². The molecular formula is C14H20O2. The number of rotatable bonds is 5. The summed E-state index contributed by atoms with van der Waals surface area (Å²) < 4.78 is 0. The van der Waals surface area contributed by atoms with Gasteiger partial charge in [-0.1, -0.05) is 32.9 Å². The molecule has 0 unspecified atom stereocenters. The Morgan fingerprint density at radius 2 is 1.81 bits per heavy atom. The Morgan fingerprint density at radius 3 is 2.31 bits per heavy atom. The summed E-state index contributed by atoms with van der Waals surface area (Å²) in [5, 5.41) is 9.13. The number of aryl methyl sites for hydroxylation is 1. The van der Waals surface area contributed by atoms with E-state index >= 15 is 0 Å². The predicted octanol–water partition coefficient (Wildman–Crippen LogP) is 3.33. The predicted molar refractivity (Wildman–Crippen MR) is 65.5 cm³/mol. The summed E-state index contributed by atoms with van der Waals surface area (Å²) in [5.74, 6) is 0.576. The van der Waals surface area contributed by atoms with Crippen molar-refractivity contribution < 1.29 is 9.90 Å². The first-order valence-corrected chi connectivity index (χ1v) is 5.77. The highest BCUT2D eigenvalue weighted by molar-refractivity contribution is 5.84. The van der Waals surface area contributed by atoms with Gasteiger partial charge in [-0.05, 0) is 30.5 Å². The van der Waals surface area contributed by atoms with Crippen LogP contribution in [0.2, 0.25) is 0 Å². The topological polar surface area (TPSA) is 37.3 Å². The lowest BCUT2D eigenvalue weighted by Crippen LogP contribution is -2.23. The summed E-state index contributed by atoms with van der Waals surface area (Å²) in [4.78, 5) is 11.9. The highest BCUT2D eigenvalue weighted by Crippen LogP contribution is 2.23. The number of ketones is 1. The van der Waals surface area contributed by atoms with Crippen LogP contribution in [-0.2, 0) is 11.2 Å². The van der Waals surface area contributed by atoms with Crippen molar-refractivity contribution in [3.8, 4) is 5.75 Å². The Morgan fingerprint density at radius 1 is 1.25 bits per heavy atom. The molecule has 0 aliphatic rings. The standard InChI is InChI=1S/C14H20O2/c1-4-14(2,3)13(16)10-7-11-5-8-12(15)9-6-11/h5-6,8-9,15H,4,7,10H2,1-3H3. The second kappa shape index (κ2) is 5.15. The van der Waals surface area contributed by atoms with E-state index in [-0.39, 0.29) is 11.2 Å². The Kier molecular flexibility index (Phi) is 4.11. The molecule has 0 aromatic heterocycles. The van der Waals surface area contributed by atoms with Crippen molar-refractivity contribution >= 4 is 5.78 Å². The molecule has 88 valence electrons.